The van der Waals surface area contributed by atoms with Crippen LogP contribution in [0.4, 0.5) is 4.39 Å². The molecule has 0 fully saturated rings. The third kappa shape index (κ3) is 2.72. The summed E-state index contributed by atoms with van der Waals surface area (Å²) in [4.78, 5) is 23.5. The fourth-order valence-corrected chi connectivity index (χ4v) is 2.61. The maximum Gasteiger partial charge on any atom is 0.286 e. The first-order valence-electron chi connectivity index (χ1n) is 6.99. The molecule has 1 aromatic carbocycles. The minimum atomic E-state index is -0.610. The summed E-state index contributed by atoms with van der Waals surface area (Å²) in [5, 5.41) is 15.1. The maximum absolute atomic E-state index is 12.9. The van der Waals surface area contributed by atoms with Crippen molar-refractivity contribution in [2.45, 2.75) is 18.9 Å². The quantitative estimate of drug-likeness (QED) is 0.779. The number of Topliss-reactive ketones (excluding diaryl/α,β-unsaturated/α-hetero) is 1. The average molecular weight is 302 g/mol. The van der Waals surface area contributed by atoms with Gasteiger partial charge in [0.25, 0.3) is 5.91 Å². The number of benzene rings is 1. The molecule has 3 rings (SSSR count). The Bertz CT molecular complexity index is 692. The number of ketones is 1. The summed E-state index contributed by atoms with van der Waals surface area (Å²) < 4.78 is 12.9. The summed E-state index contributed by atoms with van der Waals surface area (Å²) in [5.41, 5.74) is 1.94. The van der Waals surface area contributed by atoms with E-state index >= 15 is 0 Å². The standard InChI is InChI=1S/C16H15FN2O3/c17-10-3-1-9(2-4-10)7-11-5-6-13(19-11)14(20)12-8-18-16(22)15(12)21/h1-5,13,19,21H,6-8H2,(H,18,22). The first-order valence-corrected chi connectivity index (χ1v) is 6.99. The van der Waals surface area contributed by atoms with E-state index in [9.17, 15) is 19.1 Å². The Labute approximate surface area is 126 Å². The number of halogens is 1. The lowest BCUT2D eigenvalue weighted by Crippen LogP contribution is -2.34. The van der Waals surface area contributed by atoms with Crippen LogP contribution < -0.4 is 10.6 Å². The van der Waals surface area contributed by atoms with Crippen molar-refractivity contribution in [2.75, 3.05) is 6.54 Å². The summed E-state index contributed by atoms with van der Waals surface area (Å²) in [6.45, 7) is 0.0645. The Hall–Kier alpha value is -2.63. The average Bonchev–Trinajstić information content (AvgIpc) is 3.09. The lowest BCUT2D eigenvalue weighted by Gasteiger charge is -2.13. The van der Waals surface area contributed by atoms with Gasteiger partial charge in [0.1, 0.15) is 5.82 Å². The summed E-state index contributed by atoms with van der Waals surface area (Å²) in [7, 11) is 0. The largest absolute Gasteiger partial charge is 0.503 e. The molecule has 6 heteroatoms. The Morgan fingerprint density at radius 3 is 2.68 bits per heavy atom. The van der Waals surface area contributed by atoms with Gasteiger partial charge in [-0.15, -0.1) is 0 Å². The summed E-state index contributed by atoms with van der Waals surface area (Å²) in [6, 6.07) is 5.71. The van der Waals surface area contributed by atoms with E-state index in [0.717, 1.165) is 11.3 Å². The third-order valence-corrected chi connectivity index (χ3v) is 3.81. The van der Waals surface area contributed by atoms with Gasteiger partial charge in [-0.3, -0.25) is 9.59 Å². The van der Waals surface area contributed by atoms with Gasteiger partial charge in [0.05, 0.1) is 18.2 Å². The van der Waals surface area contributed by atoms with Crippen LogP contribution in [0.1, 0.15) is 12.0 Å². The fraction of sp³-hybridized carbons (Fsp3) is 0.250. The third-order valence-electron chi connectivity index (χ3n) is 3.81. The highest BCUT2D eigenvalue weighted by molar-refractivity contribution is 6.10. The summed E-state index contributed by atoms with van der Waals surface area (Å²) in [5.74, 6) is -1.66. The van der Waals surface area contributed by atoms with E-state index < -0.39 is 17.7 Å². The predicted molar refractivity (Wildman–Crippen MR) is 77.4 cm³/mol. The number of nitrogens with one attached hydrogen (secondary N) is 2. The predicted octanol–water partition coefficient (Wildman–Crippen LogP) is 1.12. The zero-order chi connectivity index (χ0) is 15.7. The number of aliphatic hydroxyl groups is 1. The van der Waals surface area contributed by atoms with Crippen molar-refractivity contribution in [1.82, 2.24) is 10.6 Å². The molecule has 0 aliphatic carbocycles. The van der Waals surface area contributed by atoms with Crippen molar-refractivity contribution in [1.29, 1.82) is 0 Å². The van der Waals surface area contributed by atoms with E-state index in [1.165, 1.54) is 12.1 Å². The Morgan fingerprint density at radius 2 is 2.05 bits per heavy atom. The number of hydrogen-bond donors (Lipinski definition) is 3. The molecular weight excluding hydrogens is 287 g/mol. The molecule has 1 aromatic rings. The topological polar surface area (TPSA) is 78.4 Å². The van der Waals surface area contributed by atoms with Gasteiger partial charge in [0.15, 0.2) is 11.5 Å². The molecule has 2 aliphatic heterocycles. The van der Waals surface area contributed by atoms with Crippen LogP contribution in [0, 0.1) is 5.82 Å². The number of aliphatic hydroxyl groups excluding tert-OH is 1. The number of carbonyl (C=O) groups is 2. The smallest absolute Gasteiger partial charge is 0.286 e. The van der Waals surface area contributed by atoms with Crippen molar-refractivity contribution in [2.24, 2.45) is 0 Å². The second-order valence-electron chi connectivity index (χ2n) is 5.34. The van der Waals surface area contributed by atoms with Crippen LogP contribution in [0.15, 0.2) is 47.4 Å². The van der Waals surface area contributed by atoms with Gasteiger partial charge in [-0.1, -0.05) is 18.2 Å². The SMILES string of the molecule is O=C1NCC(C(=O)C2CC=C(Cc3ccc(F)cc3)N2)=C1O. The molecular formula is C16H15FN2O3. The zero-order valence-electron chi connectivity index (χ0n) is 11.7. The molecule has 0 bridgehead atoms. The molecule has 0 saturated heterocycles. The van der Waals surface area contributed by atoms with E-state index in [-0.39, 0.29) is 23.7 Å². The van der Waals surface area contributed by atoms with Crippen molar-refractivity contribution < 1.29 is 19.1 Å². The minimum Gasteiger partial charge on any atom is -0.503 e. The number of hydrogen-bond acceptors (Lipinski definition) is 4. The highest BCUT2D eigenvalue weighted by Gasteiger charge is 2.32. The van der Waals surface area contributed by atoms with Crippen LogP contribution in [0.2, 0.25) is 0 Å². The lowest BCUT2D eigenvalue weighted by molar-refractivity contribution is -0.119. The van der Waals surface area contributed by atoms with Gasteiger partial charge in [0.2, 0.25) is 0 Å². The van der Waals surface area contributed by atoms with E-state index in [2.05, 4.69) is 10.6 Å². The van der Waals surface area contributed by atoms with E-state index in [4.69, 9.17) is 0 Å². The van der Waals surface area contributed by atoms with Crippen LogP contribution in [-0.4, -0.2) is 29.4 Å². The van der Waals surface area contributed by atoms with Crippen molar-refractivity contribution >= 4 is 11.7 Å². The molecule has 114 valence electrons. The first kappa shape index (κ1) is 14.3. The van der Waals surface area contributed by atoms with Gasteiger partial charge in [-0.25, -0.2) is 4.39 Å². The number of amides is 1. The lowest BCUT2D eigenvalue weighted by atomic mass is 10.0. The van der Waals surface area contributed by atoms with Crippen LogP contribution in [-0.2, 0) is 16.0 Å². The molecule has 0 saturated carbocycles. The molecule has 22 heavy (non-hydrogen) atoms. The van der Waals surface area contributed by atoms with Crippen molar-refractivity contribution in [3.8, 4) is 0 Å². The highest BCUT2D eigenvalue weighted by Crippen LogP contribution is 2.19. The monoisotopic (exact) mass is 302 g/mol. The minimum absolute atomic E-state index is 0.0645. The number of allylic oxidation sites excluding steroid dienone is 1. The van der Waals surface area contributed by atoms with Crippen LogP contribution in [0.3, 0.4) is 0 Å². The summed E-state index contributed by atoms with van der Waals surface area (Å²) in [6.07, 6.45) is 2.99. The van der Waals surface area contributed by atoms with E-state index in [1.807, 2.05) is 6.08 Å². The molecule has 0 aromatic heterocycles. The van der Waals surface area contributed by atoms with Crippen molar-refractivity contribution in [3.63, 3.8) is 0 Å². The fourth-order valence-electron chi connectivity index (χ4n) is 2.61. The summed E-state index contributed by atoms with van der Waals surface area (Å²) >= 11 is 0. The van der Waals surface area contributed by atoms with Crippen LogP contribution >= 0.6 is 0 Å². The Kier molecular flexibility index (Phi) is 3.66. The van der Waals surface area contributed by atoms with E-state index in [0.29, 0.717) is 12.8 Å². The van der Waals surface area contributed by atoms with Gasteiger partial charge >= 0.3 is 0 Å². The van der Waals surface area contributed by atoms with Crippen LogP contribution in [0.25, 0.3) is 0 Å². The molecule has 1 atom stereocenters. The van der Waals surface area contributed by atoms with E-state index in [1.54, 1.807) is 12.1 Å². The van der Waals surface area contributed by atoms with Crippen LogP contribution in [0.5, 0.6) is 0 Å². The molecule has 0 radical (unpaired) electrons. The first-order chi connectivity index (χ1) is 10.5. The molecule has 2 heterocycles. The molecule has 1 unspecified atom stereocenters. The second-order valence-corrected chi connectivity index (χ2v) is 5.34. The van der Waals surface area contributed by atoms with Gasteiger partial charge in [-0.05, 0) is 24.1 Å². The second kappa shape index (κ2) is 5.63. The molecule has 5 nitrogen and oxygen atoms in total. The molecule has 1 amide bonds. The normalized spacial score (nSPS) is 20.7. The maximum atomic E-state index is 12.9. The zero-order valence-corrected chi connectivity index (χ0v) is 11.7. The molecule has 2 aliphatic rings. The van der Waals surface area contributed by atoms with Crippen molar-refractivity contribution in [3.05, 3.63) is 58.8 Å². The number of carbonyl (C=O) groups excluding carboxylic acids is 2. The van der Waals surface area contributed by atoms with Gasteiger partial charge in [-0.2, -0.15) is 0 Å². The highest BCUT2D eigenvalue weighted by atomic mass is 19.1. The number of rotatable bonds is 4. The van der Waals surface area contributed by atoms with Gasteiger partial charge < -0.3 is 15.7 Å². The Balaban J connectivity index is 1.63. The molecule has 3 N–H and O–H groups in total. The van der Waals surface area contributed by atoms with Gasteiger partial charge in [0, 0.05) is 12.1 Å². The Morgan fingerprint density at radius 1 is 1.32 bits per heavy atom. The molecule has 0 spiro atoms.